The van der Waals surface area contributed by atoms with Crippen molar-refractivity contribution in [1.29, 1.82) is 0 Å². The highest BCUT2D eigenvalue weighted by atomic mass is 35.5. The van der Waals surface area contributed by atoms with E-state index >= 15 is 0 Å². The summed E-state index contributed by atoms with van der Waals surface area (Å²) in [7, 11) is 1.47. The maximum Gasteiger partial charge on any atom is 0.255 e. The molecule has 1 heterocycles. The summed E-state index contributed by atoms with van der Waals surface area (Å²) >= 11 is 6.08. The van der Waals surface area contributed by atoms with Crippen LogP contribution in [0.5, 0.6) is 5.75 Å². The normalized spacial score (nSPS) is 16.8. The Kier molecular flexibility index (Phi) is 8.43. The Labute approximate surface area is 219 Å². The topological polar surface area (TPSA) is 99.1 Å². The minimum Gasteiger partial charge on any atom is -0.496 e. The lowest BCUT2D eigenvalue weighted by molar-refractivity contribution is -0.153. The SMILES string of the molecule is COc1cc(F)ccc1-c1ccc(CNC(=O)[C@H](O)[C@@H](O)C(=O)N2CCC[C@@H]2c2cccc(Cl)c2)cc1. The highest BCUT2D eigenvalue weighted by molar-refractivity contribution is 6.30. The van der Waals surface area contributed by atoms with E-state index < -0.39 is 29.8 Å². The van der Waals surface area contributed by atoms with Crippen molar-refractivity contribution >= 4 is 23.4 Å². The fourth-order valence-corrected chi connectivity index (χ4v) is 4.74. The molecule has 3 aromatic carbocycles. The van der Waals surface area contributed by atoms with E-state index in [1.165, 1.54) is 24.1 Å². The third-order valence-electron chi connectivity index (χ3n) is 6.49. The van der Waals surface area contributed by atoms with Gasteiger partial charge in [0.15, 0.2) is 12.2 Å². The Morgan fingerprint density at radius 1 is 1.11 bits per heavy atom. The zero-order valence-electron chi connectivity index (χ0n) is 20.2. The van der Waals surface area contributed by atoms with Crippen molar-refractivity contribution < 1.29 is 28.9 Å². The first kappa shape index (κ1) is 26.6. The van der Waals surface area contributed by atoms with Gasteiger partial charge in [0, 0.05) is 29.7 Å². The second-order valence-electron chi connectivity index (χ2n) is 8.89. The molecule has 2 amide bonds. The number of benzene rings is 3. The average molecular weight is 527 g/mol. The average Bonchev–Trinajstić information content (AvgIpc) is 3.41. The fraction of sp³-hybridized carbons (Fsp3) is 0.286. The van der Waals surface area contributed by atoms with Gasteiger partial charge in [0.1, 0.15) is 11.6 Å². The number of halogens is 2. The van der Waals surface area contributed by atoms with Crippen LogP contribution >= 0.6 is 11.6 Å². The molecule has 0 bridgehead atoms. The predicted molar refractivity (Wildman–Crippen MR) is 137 cm³/mol. The Morgan fingerprint density at radius 3 is 2.57 bits per heavy atom. The summed E-state index contributed by atoms with van der Waals surface area (Å²) in [5.41, 5.74) is 3.08. The maximum atomic E-state index is 13.5. The minimum atomic E-state index is -1.92. The zero-order chi connectivity index (χ0) is 26.5. The van der Waals surface area contributed by atoms with Crippen LogP contribution in [0.25, 0.3) is 11.1 Å². The highest BCUT2D eigenvalue weighted by Crippen LogP contribution is 2.34. The van der Waals surface area contributed by atoms with E-state index in [9.17, 15) is 24.2 Å². The second kappa shape index (κ2) is 11.7. The van der Waals surface area contributed by atoms with Crippen LogP contribution < -0.4 is 10.1 Å². The molecule has 0 aliphatic carbocycles. The number of nitrogens with zero attached hydrogens (tertiary/aromatic N) is 1. The first-order chi connectivity index (χ1) is 17.8. The van der Waals surface area contributed by atoms with Crippen molar-refractivity contribution in [3.8, 4) is 16.9 Å². The van der Waals surface area contributed by atoms with Gasteiger partial charge in [-0.3, -0.25) is 9.59 Å². The molecule has 1 saturated heterocycles. The third kappa shape index (κ3) is 6.10. The molecule has 9 heteroatoms. The molecule has 1 aliphatic rings. The van der Waals surface area contributed by atoms with Gasteiger partial charge in [-0.25, -0.2) is 4.39 Å². The lowest BCUT2D eigenvalue weighted by Crippen LogP contribution is -2.50. The number of rotatable bonds is 8. The van der Waals surface area contributed by atoms with Crippen LogP contribution in [-0.2, 0) is 16.1 Å². The van der Waals surface area contributed by atoms with E-state index in [4.69, 9.17) is 16.3 Å². The molecule has 3 aromatic rings. The summed E-state index contributed by atoms with van der Waals surface area (Å²) in [6.07, 6.45) is -2.39. The van der Waals surface area contributed by atoms with Gasteiger partial charge < -0.3 is 25.2 Å². The molecule has 1 aliphatic heterocycles. The van der Waals surface area contributed by atoms with Crippen LogP contribution in [0.4, 0.5) is 4.39 Å². The van der Waals surface area contributed by atoms with Crippen LogP contribution in [0.3, 0.4) is 0 Å². The second-order valence-corrected chi connectivity index (χ2v) is 9.33. The molecule has 0 saturated carbocycles. The van der Waals surface area contributed by atoms with Crippen LogP contribution in [0.15, 0.2) is 66.7 Å². The molecule has 0 unspecified atom stereocenters. The maximum absolute atomic E-state index is 13.5. The Morgan fingerprint density at radius 2 is 1.86 bits per heavy atom. The number of ether oxygens (including phenoxy) is 1. The van der Waals surface area contributed by atoms with Gasteiger partial charge in [-0.15, -0.1) is 0 Å². The summed E-state index contributed by atoms with van der Waals surface area (Å²) in [6, 6.07) is 18.3. The largest absolute Gasteiger partial charge is 0.496 e. The number of aliphatic hydroxyl groups is 2. The monoisotopic (exact) mass is 526 g/mol. The van der Waals surface area contributed by atoms with Crippen molar-refractivity contribution in [1.82, 2.24) is 10.2 Å². The molecule has 4 rings (SSSR count). The molecule has 37 heavy (non-hydrogen) atoms. The van der Waals surface area contributed by atoms with Crippen molar-refractivity contribution in [3.63, 3.8) is 0 Å². The fourth-order valence-electron chi connectivity index (χ4n) is 4.54. The summed E-state index contributed by atoms with van der Waals surface area (Å²) < 4.78 is 18.7. The number of carbonyl (C=O) groups is 2. The van der Waals surface area contributed by atoms with E-state index in [1.807, 2.05) is 6.07 Å². The predicted octanol–water partition coefficient (Wildman–Crippen LogP) is 3.86. The van der Waals surface area contributed by atoms with Gasteiger partial charge in [-0.05, 0) is 53.8 Å². The summed E-state index contributed by atoms with van der Waals surface area (Å²) in [5, 5.41) is 24.0. The zero-order valence-corrected chi connectivity index (χ0v) is 21.0. The van der Waals surface area contributed by atoms with Gasteiger partial charge in [-0.2, -0.15) is 0 Å². The molecule has 0 aromatic heterocycles. The summed E-state index contributed by atoms with van der Waals surface area (Å²) in [4.78, 5) is 26.9. The van der Waals surface area contributed by atoms with Crippen molar-refractivity contribution in [2.75, 3.05) is 13.7 Å². The van der Waals surface area contributed by atoms with Crippen LogP contribution in [0, 0.1) is 5.82 Å². The van der Waals surface area contributed by atoms with Crippen LogP contribution in [0.1, 0.15) is 30.0 Å². The number of aliphatic hydroxyl groups excluding tert-OH is 2. The summed E-state index contributed by atoms with van der Waals surface area (Å²) in [6.45, 7) is 0.485. The van der Waals surface area contributed by atoms with Gasteiger partial charge >= 0.3 is 0 Å². The number of carbonyl (C=O) groups excluding carboxylic acids is 2. The van der Waals surface area contributed by atoms with Gasteiger partial charge in [0.2, 0.25) is 0 Å². The smallest absolute Gasteiger partial charge is 0.255 e. The molecule has 194 valence electrons. The highest BCUT2D eigenvalue weighted by Gasteiger charge is 2.38. The van der Waals surface area contributed by atoms with Gasteiger partial charge in [0.25, 0.3) is 11.8 Å². The lowest BCUT2D eigenvalue weighted by atomic mass is 10.0. The number of nitrogens with one attached hydrogen (secondary N) is 1. The molecule has 3 N–H and O–H groups in total. The van der Waals surface area contributed by atoms with E-state index in [1.54, 1.807) is 48.5 Å². The van der Waals surface area contributed by atoms with Gasteiger partial charge in [-0.1, -0.05) is 48.0 Å². The van der Waals surface area contributed by atoms with Crippen molar-refractivity contribution in [2.45, 2.75) is 37.6 Å². The molecule has 0 spiro atoms. The molecule has 0 radical (unpaired) electrons. The standard InChI is InChI=1S/C28H28ClFN2O5/c1-37-24-15-21(30)11-12-22(24)18-9-7-17(8-10-18)16-31-27(35)25(33)26(34)28(36)32-13-3-6-23(32)19-4-2-5-20(29)14-19/h2,4-5,7-12,14-15,23,25-26,33-34H,3,6,13,16H2,1H3,(H,31,35)/t23-,25-,26-/m1/s1. The Balaban J connectivity index is 1.35. The molecule has 1 fully saturated rings. The van der Waals surface area contributed by atoms with E-state index in [2.05, 4.69) is 5.32 Å². The first-order valence-electron chi connectivity index (χ1n) is 11.9. The number of hydrogen-bond acceptors (Lipinski definition) is 5. The van der Waals surface area contributed by atoms with Crippen LogP contribution in [-0.4, -0.2) is 52.8 Å². The molecule has 7 nitrogen and oxygen atoms in total. The lowest BCUT2D eigenvalue weighted by Gasteiger charge is -2.28. The van der Waals surface area contributed by atoms with Crippen molar-refractivity contribution in [3.05, 3.63) is 88.7 Å². The quantitative estimate of drug-likeness (QED) is 0.414. The third-order valence-corrected chi connectivity index (χ3v) is 6.72. The van der Waals surface area contributed by atoms with E-state index in [0.717, 1.165) is 28.7 Å². The van der Waals surface area contributed by atoms with Crippen LogP contribution in [0.2, 0.25) is 5.02 Å². The number of amides is 2. The Bertz CT molecular complexity index is 1270. The van der Waals surface area contributed by atoms with Gasteiger partial charge in [0.05, 0.1) is 13.2 Å². The van der Waals surface area contributed by atoms with E-state index in [-0.39, 0.29) is 12.6 Å². The first-order valence-corrected chi connectivity index (χ1v) is 12.3. The summed E-state index contributed by atoms with van der Waals surface area (Å²) in [5.74, 6) is -1.56. The molecule has 3 atom stereocenters. The number of hydrogen-bond donors (Lipinski definition) is 3. The minimum absolute atomic E-state index is 0.0759. The number of methoxy groups -OCH3 is 1. The molecular weight excluding hydrogens is 499 g/mol. The van der Waals surface area contributed by atoms with Crippen molar-refractivity contribution in [2.24, 2.45) is 0 Å². The molecular formula is C28H28ClFN2O5. The number of likely N-dealkylation sites (tertiary alicyclic amines) is 1. The van der Waals surface area contributed by atoms with E-state index in [0.29, 0.717) is 23.7 Å². The Hall–Kier alpha value is -3.46.